The number of halogens is 3. The highest BCUT2D eigenvalue weighted by Gasteiger charge is 2.38. The van der Waals surface area contributed by atoms with Crippen molar-refractivity contribution in [2.75, 3.05) is 10.0 Å². The molecule has 1 aliphatic carbocycles. The average Bonchev–Trinajstić information content (AvgIpc) is 3.25. The molecule has 0 aromatic heterocycles. The molecule has 164 valence electrons. The lowest BCUT2D eigenvalue weighted by atomic mass is 9.77. The Morgan fingerprint density at radius 3 is 2.62 bits per heavy atom. The van der Waals surface area contributed by atoms with Crippen molar-refractivity contribution in [3.63, 3.8) is 0 Å². The Morgan fingerprint density at radius 2 is 1.84 bits per heavy atom. The minimum atomic E-state index is -3.72. The number of benzene rings is 3. The Morgan fingerprint density at radius 1 is 1.00 bits per heavy atom. The highest BCUT2D eigenvalue weighted by Crippen LogP contribution is 2.50. The van der Waals surface area contributed by atoms with E-state index in [1.807, 2.05) is 30.3 Å². The van der Waals surface area contributed by atoms with E-state index in [1.54, 1.807) is 30.3 Å². The number of hydrogen-bond donors (Lipinski definition) is 2. The Labute approximate surface area is 205 Å². The predicted octanol–water partition coefficient (Wildman–Crippen LogP) is 7.38. The molecular formula is C24H19BrCl2N2O2S. The van der Waals surface area contributed by atoms with E-state index < -0.39 is 10.0 Å². The van der Waals surface area contributed by atoms with Gasteiger partial charge in [0.05, 0.1) is 21.0 Å². The Bertz CT molecular complexity index is 1340. The van der Waals surface area contributed by atoms with Crippen LogP contribution in [0.15, 0.2) is 82.2 Å². The maximum atomic E-state index is 13.1. The van der Waals surface area contributed by atoms with Crippen molar-refractivity contribution in [1.82, 2.24) is 0 Å². The molecule has 3 atom stereocenters. The maximum Gasteiger partial charge on any atom is 0.261 e. The number of rotatable bonds is 4. The fraction of sp³-hybridized carbons (Fsp3) is 0.167. The molecule has 3 aromatic rings. The van der Waals surface area contributed by atoms with Crippen LogP contribution in [0, 0.1) is 5.92 Å². The van der Waals surface area contributed by atoms with Crippen LogP contribution in [0.4, 0.5) is 11.4 Å². The number of allylic oxidation sites excluding steroid dienone is 2. The van der Waals surface area contributed by atoms with E-state index >= 15 is 0 Å². The molecule has 8 heteroatoms. The van der Waals surface area contributed by atoms with Crippen LogP contribution in [0.5, 0.6) is 0 Å². The van der Waals surface area contributed by atoms with Gasteiger partial charge in [-0.3, -0.25) is 4.72 Å². The van der Waals surface area contributed by atoms with Crippen LogP contribution >= 0.6 is 39.1 Å². The molecule has 32 heavy (non-hydrogen) atoms. The second kappa shape index (κ2) is 8.41. The Hall–Kier alpha value is -1.99. The van der Waals surface area contributed by atoms with E-state index in [1.165, 1.54) is 0 Å². The quantitative estimate of drug-likeness (QED) is 0.334. The molecule has 2 aliphatic rings. The first-order chi connectivity index (χ1) is 15.3. The van der Waals surface area contributed by atoms with Crippen LogP contribution in [-0.4, -0.2) is 8.42 Å². The van der Waals surface area contributed by atoms with Gasteiger partial charge in [0.15, 0.2) is 0 Å². The predicted molar refractivity (Wildman–Crippen MR) is 134 cm³/mol. The van der Waals surface area contributed by atoms with Crippen LogP contribution in [0.25, 0.3) is 0 Å². The number of anilines is 2. The molecule has 0 amide bonds. The van der Waals surface area contributed by atoms with Gasteiger partial charge in [0.1, 0.15) is 0 Å². The van der Waals surface area contributed by atoms with Crippen molar-refractivity contribution >= 4 is 60.5 Å². The van der Waals surface area contributed by atoms with E-state index in [-0.39, 0.29) is 22.8 Å². The van der Waals surface area contributed by atoms with Gasteiger partial charge in [0.2, 0.25) is 0 Å². The lowest BCUT2D eigenvalue weighted by Gasteiger charge is -2.37. The normalized spacial score (nSPS) is 21.5. The summed E-state index contributed by atoms with van der Waals surface area (Å²) in [6, 6.07) is 18.1. The van der Waals surface area contributed by atoms with Crippen LogP contribution in [-0.2, 0) is 10.0 Å². The fourth-order valence-electron chi connectivity index (χ4n) is 4.54. The van der Waals surface area contributed by atoms with Crippen molar-refractivity contribution in [2.24, 2.45) is 5.92 Å². The van der Waals surface area contributed by atoms with Crippen molar-refractivity contribution in [3.05, 3.63) is 98.5 Å². The second-order valence-electron chi connectivity index (χ2n) is 8.01. The number of fused-ring (bicyclic) bond motifs is 3. The zero-order valence-corrected chi connectivity index (χ0v) is 20.6. The Kier molecular flexibility index (Phi) is 5.74. The first kappa shape index (κ1) is 21.8. The molecule has 5 rings (SSSR count). The fourth-order valence-corrected chi connectivity index (χ4v) is 6.33. The van der Waals surface area contributed by atoms with E-state index in [0.717, 1.165) is 27.7 Å². The molecule has 0 spiro atoms. The van der Waals surface area contributed by atoms with Crippen molar-refractivity contribution in [2.45, 2.75) is 23.3 Å². The smallest absolute Gasteiger partial charge is 0.261 e. The molecule has 1 aliphatic heterocycles. The first-order valence-electron chi connectivity index (χ1n) is 10.1. The molecule has 0 saturated carbocycles. The molecule has 2 N–H and O–H groups in total. The molecule has 0 saturated heterocycles. The standard InChI is InChI=1S/C24H19BrCl2N2O2S/c25-15-3-1-4-16(12-15)29-32(30,31)17-8-10-23-20(13-17)18-5-2-6-19(18)24(28-23)14-7-9-21(26)22(27)11-14/h1-5,7-13,18-19,24,28-29H,6H2/t18-,19+,24+/m0/s1. The summed E-state index contributed by atoms with van der Waals surface area (Å²) >= 11 is 15.8. The molecule has 0 unspecified atom stereocenters. The third-order valence-corrected chi connectivity index (χ3v) is 8.64. The molecule has 0 fully saturated rings. The summed E-state index contributed by atoms with van der Waals surface area (Å²) in [4.78, 5) is 0.241. The van der Waals surface area contributed by atoms with E-state index in [9.17, 15) is 8.42 Å². The van der Waals surface area contributed by atoms with Crippen LogP contribution < -0.4 is 10.0 Å². The van der Waals surface area contributed by atoms with Gasteiger partial charge in [-0.15, -0.1) is 0 Å². The summed E-state index contributed by atoms with van der Waals surface area (Å²) in [5, 5.41) is 4.66. The van der Waals surface area contributed by atoms with Gasteiger partial charge in [0.25, 0.3) is 10.0 Å². The van der Waals surface area contributed by atoms with Gasteiger partial charge < -0.3 is 5.32 Å². The molecule has 0 radical (unpaired) electrons. The lowest BCUT2D eigenvalue weighted by Crippen LogP contribution is -2.29. The van der Waals surface area contributed by atoms with Crippen LogP contribution in [0.3, 0.4) is 0 Å². The molecule has 0 bridgehead atoms. The summed E-state index contributed by atoms with van der Waals surface area (Å²) in [5.74, 6) is 0.377. The first-order valence-corrected chi connectivity index (χ1v) is 13.2. The zero-order valence-electron chi connectivity index (χ0n) is 16.7. The van der Waals surface area contributed by atoms with E-state index in [4.69, 9.17) is 23.2 Å². The van der Waals surface area contributed by atoms with Gasteiger partial charge in [-0.05, 0) is 72.0 Å². The lowest BCUT2D eigenvalue weighted by molar-refractivity contribution is 0.425. The number of nitrogens with one attached hydrogen (secondary N) is 2. The second-order valence-corrected chi connectivity index (χ2v) is 11.4. The van der Waals surface area contributed by atoms with Gasteiger partial charge >= 0.3 is 0 Å². The van der Waals surface area contributed by atoms with Gasteiger partial charge in [-0.2, -0.15) is 0 Å². The summed E-state index contributed by atoms with van der Waals surface area (Å²) in [6.45, 7) is 0. The zero-order chi connectivity index (χ0) is 22.5. The van der Waals surface area contributed by atoms with Gasteiger partial charge in [-0.1, -0.05) is 63.4 Å². The molecular weight excluding hydrogens is 531 g/mol. The topological polar surface area (TPSA) is 58.2 Å². The van der Waals surface area contributed by atoms with Crippen LogP contribution in [0.1, 0.15) is 29.5 Å². The van der Waals surface area contributed by atoms with E-state index in [0.29, 0.717) is 15.7 Å². The highest BCUT2D eigenvalue weighted by atomic mass is 79.9. The monoisotopic (exact) mass is 548 g/mol. The van der Waals surface area contributed by atoms with Crippen LogP contribution in [0.2, 0.25) is 10.0 Å². The average molecular weight is 550 g/mol. The minimum Gasteiger partial charge on any atom is -0.378 e. The van der Waals surface area contributed by atoms with Gasteiger partial charge in [-0.25, -0.2) is 8.42 Å². The van der Waals surface area contributed by atoms with Crippen molar-refractivity contribution in [1.29, 1.82) is 0 Å². The summed E-state index contributed by atoms with van der Waals surface area (Å²) in [6.07, 6.45) is 5.24. The van der Waals surface area contributed by atoms with E-state index in [2.05, 4.69) is 38.1 Å². The summed E-state index contributed by atoms with van der Waals surface area (Å²) in [7, 11) is -3.72. The van der Waals surface area contributed by atoms with Crippen molar-refractivity contribution < 1.29 is 8.42 Å². The number of hydrogen-bond acceptors (Lipinski definition) is 3. The SMILES string of the molecule is O=S(=O)(Nc1cccc(Br)c1)c1ccc2c(c1)[C@H]1C=CC[C@H]1[C@@H](c1ccc(Cl)c(Cl)c1)N2. The number of sulfonamides is 1. The minimum absolute atomic E-state index is 0.0551. The Balaban J connectivity index is 1.49. The third-order valence-electron chi connectivity index (χ3n) is 6.02. The summed E-state index contributed by atoms with van der Waals surface area (Å²) in [5.41, 5.74) is 3.48. The van der Waals surface area contributed by atoms with Gasteiger partial charge in [0, 0.05) is 21.8 Å². The summed E-state index contributed by atoms with van der Waals surface area (Å²) < 4.78 is 29.6. The largest absolute Gasteiger partial charge is 0.378 e. The third kappa shape index (κ3) is 4.05. The molecule has 1 heterocycles. The van der Waals surface area contributed by atoms with Crippen molar-refractivity contribution in [3.8, 4) is 0 Å². The molecule has 4 nitrogen and oxygen atoms in total. The maximum absolute atomic E-state index is 13.1. The highest BCUT2D eigenvalue weighted by molar-refractivity contribution is 9.10. The molecule has 3 aromatic carbocycles.